The van der Waals surface area contributed by atoms with Crippen LogP contribution in [-0.2, 0) is 0 Å². The molecule has 0 bridgehead atoms. The fourth-order valence-electron chi connectivity index (χ4n) is 0.748. The van der Waals surface area contributed by atoms with Crippen molar-refractivity contribution in [1.29, 1.82) is 0 Å². The summed E-state index contributed by atoms with van der Waals surface area (Å²) in [4.78, 5) is 0. The van der Waals surface area contributed by atoms with Crippen molar-refractivity contribution in [1.82, 2.24) is 0 Å². The second-order valence-corrected chi connectivity index (χ2v) is 3.10. The summed E-state index contributed by atoms with van der Waals surface area (Å²) in [5.74, 6) is 0. The maximum atomic E-state index is 5.74. The zero-order chi connectivity index (χ0) is 5.98. The van der Waals surface area contributed by atoms with Gasteiger partial charge in [-0.1, -0.05) is 0 Å². The first-order valence-corrected chi connectivity index (χ1v) is 3.61. The third kappa shape index (κ3) is 1.83. The van der Waals surface area contributed by atoms with Crippen LogP contribution in [0.5, 0.6) is 0 Å². The number of rotatable bonds is 0. The van der Waals surface area contributed by atoms with Gasteiger partial charge in [0.1, 0.15) is 0 Å². The van der Waals surface area contributed by atoms with Crippen molar-refractivity contribution >= 4 is 23.2 Å². The molecule has 0 amide bonds. The van der Waals surface area contributed by atoms with Gasteiger partial charge in [0.2, 0.25) is 0 Å². The lowest BCUT2D eigenvalue weighted by atomic mass is 10.00. The van der Waals surface area contributed by atoms with Gasteiger partial charge in [-0.15, -0.1) is 23.2 Å². The smallest absolute Gasteiger partial charge is 0.0371 e. The Morgan fingerprint density at radius 1 is 1.00 bits per heavy atom. The highest BCUT2D eigenvalue weighted by molar-refractivity contribution is 6.23. The molecule has 0 aliphatic heterocycles. The van der Waals surface area contributed by atoms with E-state index in [1.54, 1.807) is 0 Å². The summed E-state index contributed by atoms with van der Waals surface area (Å²) in [5.41, 5.74) is 0. The number of alkyl halides is 2. The van der Waals surface area contributed by atoms with Crippen LogP contribution in [-0.4, -0.2) is 10.8 Å². The first-order valence-electron chi connectivity index (χ1n) is 2.74. The van der Waals surface area contributed by atoms with Gasteiger partial charge in [-0.2, -0.15) is 0 Å². The minimum atomic E-state index is 0.227. The van der Waals surface area contributed by atoms with Crippen molar-refractivity contribution in [3.05, 3.63) is 12.8 Å². The van der Waals surface area contributed by atoms with E-state index in [9.17, 15) is 0 Å². The second-order valence-electron chi connectivity index (χ2n) is 1.97. The predicted molar refractivity (Wildman–Crippen MR) is 37.1 cm³/mol. The van der Waals surface area contributed by atoms with Crippen LogP contribution in [0, 0.1) is 12.8 Å². The molecule has 2 unspecified atom stereocenters. The molecule has 0 nitrogen and oxygen atoms in total. The van der Waals surface area contributed by atoms with E-state index >= 15 is 0 Å². The summed E-state index contributed by atoms with van der Waals surface area (Å²) < 4.78 is 0. The lowest BCUT2D eigenvalue weighted by molar-refractivity contribution is 0.726. The predicted octanol–water partition coefficient (Wildman–Crippen LogP) is 2.40. The normalized spacial score (nSPS) is 39.8. The summed E-state index contributed by atoms with van der Waals surface area (Å²) >= 11 is 11.5. The van der Waals surface area contributed by atoms with Crippen molar-refractivity contribution in [2.24, 2.45) is 0 Å². The molecule has 0 aromatic rings. The molecule has 0 N–H and O–H groups in total. The topological polar surface area (TPSA) is 0 Å². The Morgan fingerprint density at radius 2 is 1.38 bits per heavy atom. The summed E-state index contributed by atoms with van der Waals surface area (Å²) in [7, 11) is 0. The first kappa shape index (κ1) is 6.70. The molecule has 0 aromatic heterocycles. The van der Waals surface area contributed by atoms with E-state index in [1.807, 2.05) is 0 Å². The van der Waals surface area contributed by atoms with E-state index in [4.69, 9.17) is 23.2 Å². The van der Waals surface area contributed by atoms with Crippen LogP contribution in [0.3, 0.4) is 0 Å². The summed E-state index contributed by atoms with van der Waals surface area (Å²) in [6.07, 6.45) is 5.96. The van der Waals surface area contributed by atoms with E-state index in [1.165, 1.54) is 0 Å². The maximum absolute atomic E-state index is 5.74. The summed E-state index contributed by atoms with van der Waals surface area (Å²) in [5, 5.41) is 0.454. The molecule has 2 radical (unpaired) electrons. The number of halogens is 2. The lowest BCUT2D eigenvalue weighted by Crippen LogP contribution is -2.15. The molecule has 0 aromatic carbocycles. The maximum Gasteiger partial charge on any atom is 0.0371 e. The van der Waals surface area contributed by atoms with Gasteiger partial charge in [0.25, 0.3) is 0 Å². The van der Waals surface area contributed by atoms with Gasteiger partial charge in [-0.05, 0) is 25.7 Å². The average Bonchev–Trinajstić information content (AvgIpc) is 1.77. The van der Waals surface area contributed by atoms with Gasteiger partial charge in [0.05, 0.1) is 0 Å². The van der Waals surface area contributed by atoms with Crippen LogP contribution in [0.2, 0.25) is 0 Å². The van der Waals surface area contributed by atoms with Gasteiger partial charge < -0.3 is 0 Å². The third-order valence-corrected chi connectivity index (χ3v) is 1.95. The standard InChI is InChI=1S/C6H8Cl2/c7-5-1-2-6(8)4-3-5/h1,4-6H,2-3H2. The molecule has 8 heavy (non-hydrogen) atoms. The fourth-order valence-corrected chi connectivity index (χ4v) is 1.16. The molecule has 1 fully saturated rings. The molecule has 0 heterocycles. The Bertz CT molecular complexity index is 54.9. The Balaban J connectivity index is 2.19. The van der Waals surface area contributed by atoms with Crippen molar-refractivity contribution in [2.75, 3.05) is 0 Å². The zero-order valence-corrected chi connectivity index (χ0v) is 5.99. The largest absolute Gasteiger partial charge is 0.123 e. The second kappa shape index (κ2) is 2.93. The highest BCUT2D eigenvalue weighted by Crippen LogP contribution is 2.24. The minimum Gasteiger partial charge on any atom is -0.123 e. The van der Waals surface area contributed by atoms with Crippen LogP contribution >= 0.6 is 23.2 Å². The third-order valence-electron chi connectivity index (χ3n) is 1.23. The highest BCUT2D eigenvalue weighted by atomic mass is 35.5. The molecule has 1 saturated carbocycles. The van der Waals surface area contributed by atoms with Crippen LogP contribution in [0.15, 0.2) is 0 Å². The summed E-state index contributed by atoms with van der Waals surface area (Å²) in [6, 6.07) is 0. The quantitative estimate of drug-likeness (QED) is 0.466. The Labute approximate surface area is 60.2 Å². The van der Waals surface area contributed by atoms with Crippen LogP contribution < -0.4 is 0 Å². The van der Waals surface area contributed by atoms with E-state index < -0.39 is 0 Å². The van der Waals surface area contributed by atoms with Gasteiger partial charge in [0, 0.05) is 10.8 Å². The average molecular weight is 151 g/mol. The number of hydrogen-bond donors (Lipinski definition) is 0. The summed E-state index contributed by atoms with van der Waals surface area (Å²) in [6.45, 7) is 0. The molecular weight excluding hydrogens is 143 g/mol. The van der Waals surface area contributed by atoms with E-state index in [0.717, 1.165) is 12.8 Å². The molecule has 0 saturated heterocycles. The zero-order valence-electron chi connectivity index (χ0n) is 4.48. The minimum absolute atomic E-state index is 0.227. The van der Waals surface area contributed by atoms with Gasteiger partial charge in [-0.25, -0.2) is 0 Å². The van der Waals surface area contributed by atoms with Crippen molar-refractivity contribution < 1.29 is 0 Å². The van der Waals surface area contributed by atoms with Crippen molar-refractivity contribution in [2.45, 2.75) is 23.6 Å². The Kier molecular flexibility index (Phi) is 2.45. The van der Waals surface area contributed by atoms with Crippen molar-refractivity contribution in [3.8, 4) is 0 Å². The molecule has 1 rings (SSSR count). The van der Waals surface area contributed by atoms with Gasteiger partial charge in [0.15, 0.2) is 0 Å². The Morgan fingerprint density at radius 3 is 1.62 bits per heavy atom. The Hall–Kier alpha value is 0.580. The fraction of sp³-hybridized carbons (Fsp3) is 0.667. The molecule has 1 aliphatic carbocycles. The SMILES string of the molecule is ClC1[CH]CC(Cl)[CH]C1. The monoisotopic (exact) mass is 150 g/mol. The van der Waals surface area contributed by atoms with Crippen LogP contribution in [0.25, 0.3) is 0 Å². The van der Waals surface area contributed by atoms with E-state index in [2.05, 4.69) is 12.8 Å². The molecule has 46 valence electrons. The van der Waals surface area contributed by atoms with Gasteiger partial charge >= 0.3 is 0 Å². The first-order chi connectivity index (χ1) is 3.79. The molecule has 2 heteroatoms. The van der Waals surface area contributed by atoms with Crippen LogP contribution in [0.1, 0.15) is 12.8 Å². The van der Waals surface area contributed by atoms with E-state index in [-0.39, 0.29) is 10.8 Å². The number of hydrogen-bond acceptors (Lipinski definition) is 0. The van der Waals surface area contributed by atoms with Crippen molar-refractivity contribution in [3.63, 3.8) is 0 Å². The molecular formula is C6H8Cl2. The lowest BCUT2D eigenvalue weighted by Gasteiger charge is -2.18. The van der Waals surface area contributed by atoms with Gasteiger partial charge in [-0.3, -0.25) is 0 Å². The van der Waals surface area contributed by atoms with Crippen LogP contribution in [0.4, 0.5) is 0 Å². The van der Waals surface area contributed by atoms with E-state index in [0.29, 0.717) is 0 Å². The molecule has 1 aliphatic rings. The molecule has 2 atom stereocenters. The molecule has 0 spiro atoms. The highest BCUT2D eigenvalue weighted by Gasteiger charge is 2.17.